The highest BCUT2D eigenvalue weighted by Gasteiger charge is 2.04. The van der Waals surface area contributed by atoms with Crippen LogP contribution in [-0.2, 0) is 0 Å². The number of nitrogen functional groups attached to an aromatic ring is 1. The molecule has 0 unspecified atom stereocenters. The third-order valence-corrected chi connectivity index (χ3v) is 1.14. The van der Waals surface area contributed by atoms with Gasteiger partial charge in [0.1, 0.15) is 11.4 Å². The molecule has 0 bridgehead atoms. The van der Waals surface area contributed by atoms with Crippen molar-refractivity contribution in [2.75, 3.05) is 18.1 Å². The van der Waals surface area contributed by atoms with Gasteiger partial charge in [0, 0.05) is 7.05 Å². The molecule has 1 heterocycles. The van der Waals surface area contributed by atoms with Crippen LogP contribution in [0, 0.1) is 6.92 Å². The Morgan fingerprint density at radius 1 is 1.67 bits per heavy atom. The first kappa shape index (κ1) is 5.94. The molecule has 0 radical (unpaired) electrons. The second-order valence-corrected chi connectivity index (χ2v) is 1.76. The van der Waals surface area contributed by atoms with E-state index in [1.165, 1.54) is 0 Å². The number of aromatic nitrogens is 1. The number of nitrogens with one attached hydrogen (secondary N) is 1. The Bertz CT molecular complexity index is 206. The van der Waals surface area contributed by atoms with E-state index in [0.29, 0.717) is 11.6 Å². The van der Waals surface area contributed by atoms with Gasteiger partial charge in [0.2, 0.25) is 5.88 Å². The molecule has 1 rings (SSSR count). The van der Waals surface area contributed by atoms with Gasteiger partial charge >= 0.3 is 0 Å². The Morgan fingerprint density at radius 3 is 2.56 bits per heavy atom. The molecule has 0 fully saturated rings. The number of hydrogen-bond donors (Lipinski definition) is 2. The lowest BCUT2D eigenvalue weighted by molar-refractivity contribution is 0.429. The van der Waals surface area contributed by atoms with Gasteiger partial charge in [0.05, 0.1) is 0 Å². The Labute approximate surface area is 53.0 Å². The second-order valence-electron chi connectivity index (χ2n) is 1.76. The van der Waals surface area contributed by atoms with Crippen molar-refractivity contribution in [1.29, 1.82) is 0 Å². The summed E-state index contributed by atoms with van der Waals surface area (Å²) in [5.41, 5.74) is 6.80. The third-order valence-electron chi connectivity index (χ3n) is 1.14. The summed E-state index contributed by atoms with van der Waals surface area (Å²) in [6.07, 6.45) is 0. The van der Waals surface area contributed by atoms with Gasteiger partial charge in [-0.2, -0.15) is 0 Å². The van der Waals surface area contributed by atoms with Gasteiger partial charge < -0.3 is 15.6 Å². The van der Waals surface area contributed by atoms with Crippen LogP contribution < -0.4 is 11.1 Å². The van der Waals surface area contributed by atoms with E-state index in [0.717, 1.165) is 5.69 Å². The van der Waals surface area contributed by atoms with Crippen LogP contribution in [-0.4, -0.2) is 12.2 Å². The molecule has 0 aliphatic rings. The van der Waals surface area contributed by atoms with Crippen molar-refractivity contribution in [3.05, 3.63) is 5.69 Å². The largest absolute Gasteiger partial charge is 0.393 e. The molecule has 4 nitrogen and oxygen atoms in total. The first-order valence-electron chi connectivity index (χ1n) is 2.65. The number of aryl methyl sites for hydroxylation is 1. The summed E-state index contributed by atoms with van der Waals surface area (Å²) in [4.78, 5) is 0. The van der Waals surface area contributed by atoms with Gasteiger partial charge in [0.25, 0.3) is 0 Å². The molecule has 1 aromatic rings. The summed E-state index contributed by atoms with van der Waals surface area (Å²) >= 11 is 0. The maximum absolute atomic E-state index is 5.49. The van der Waals surface area contributed by atoms with E-state index >= 15 is 0 Å². The van der Waals surface area contributed by atoms with Gasteiger partial charge in [0.15, 0.2) is 0 Å². The van der Waals surface area contributed by atoms with Crippen molar-refractivity contribution in [2.24, 2.45) is 0 Å². The molecule has 3 N–H and O–H groups in total. The van der Waals surface area contributed by atoms with Gasteiger partial charge in [-0.15, -0.1) is 0 Å². The minimum atomic E-state index is 0.535. The Morgan fingerprint density at radius 2 is 2.33 bits per heavy atom. The summed E-state index contributed by atoms with van der Waals surface area (Å²) < 4.78 is 4.76. The molecular weight excluding hydrogens is 118 g/mol. The zero-order valence-electron chi connectivity index (χ0n) is 5.43. The molecule has 0 atom stereocenters. The van der Waals surface area contributed by atoms with Crippen molar-refractivity contribution < 1.29 is 4.52 Å². The maximum Gasteiger partial charge on any atom is 0.247 e. The third kappa shape index (κ3) is 0.826. The normalized spacial score (nSPS) is 9.56. The summed E-state index contributed by atoms with van der Waals surface area (Å²) in [5, 5.41) is 6.39. The smallest absolute Gasteiger partial charge is 0.247 e. The van der Waals surface area contributed by atoms with Gasteiger partial charge in [-0.1, -0.05) is 5.16 Å². The molecule has 0 saturated carbocycles. The fourth-order valence-electron chi connectivity index (χ4n) is 0.557. The molecule has 1 aromatic heterocycles. The molecule has 0 spiro atoms. The quantitative estimate of drug-likeness (QED) is 0.580. The van der Waals surface area contributed by atoms with Gasteiger partial charge in [-0.3, -0.25) is 0 Å². The zero-order valence-corrected chi connectivity index (χ0v) is 5.43. The first-order chi connectivity index (χ1) is 4.25. The summed E-state index contributed by atoms with van der Waals surface area (Å²) in [6.45, 7) is 1.79. The molecule has 0 aliphatic heterocycles. The monoisotopic (exact) mass is 127 g/mol. The fraction of sp³-hybridized carbons (Fsp3) is 0.400. The zero-order chi connectivity index (χ0) is 6.85. The van der Waals surface area contributed by atoms with Gasteiger partial charge in [-0.25, -0.2) is 0 Å². The van der Waals surface area contributed by atoms with Crippen LogP contribution >= 0.6 is 0 Å². The summed E-state index contributed by atoms with van der Waals surface area (Å²) in [6, 6.07) is 0. The van der Waals surface area contributed by atoms with Crippen molar-refractivity contribution in [3.63, 3.8) is 0 Å². The van der Waals surface area contributed by atoms with Crippen LogP contribution in [0.25, 0.3) is 0 Å². The van der Waals surface area contributed by atoms with E-state index in [2.05, 4.69) is 10.5 Å². The van der Waals surface area contributed by atoms with Gasteiger partial charge in [-0.05, 0) is 6.92 Å². The molecule has 0 aliphatic carbocycles. The van der Waals surface area contributed by atoms with E-state index in [-0.39, 0.29) is 0 Å². The van der Waals surface area contributed by atoms with E-state index in [9.17, 15) is 0 Å². The lowest BCUT2D eigenvalue weighted by atomic mass is 10.4. The SMILES string of the molecule is CNc1onc(C)c1N. The highest BCUT2D eigenvalue weighted by molar-refractivity contribution is 5.60. The topological polar surface area (TPSA) is 64.1 Å². The van der Waals surface area contributed by atoms with Crippen molar-refractivity contribution in [1.82, 2.24) is 5.16 Å². The van der Waals surface area contributed by atoms with Crippen LogP contribution in [0.3, 0.4) is 0 Å². The van der Waals surface area contributed by atoms with Crippen LogP contribution in [0.1, 0.15) is 5.69 Å². The highest BCUT2D eigenvalue weighted by atomic mass is 16.5. The molecule has 50 valence electrons. The summed E-state index contributed by atoms with van der Waals surface area (Å²) in [7, 11) is 1.73. The van der Waals surface area contributed by atoms with E-state index in [1.54, 1.807) is 14.0 Å². The number of rotatable bonds is 1. The lowest BCUT2D eigenvalue weighted by Gasteiger charge is -1.90. The molecule has 4 heteroatoms. The number of anilines is 2. The highest BCUT2D eigenvalue weighted by Crippen LogP contribution is 2.19. The molecular formula is C5H9N3O. The van der Waals surface area contributed by atoms with Crippen molar-refractivity contribution in [3.8, 4) is 0 Å². The predicted molar refractivity (Wildman–Crippen MR) is 35.2 cm³/mol. The lowest BCUT2D eigenvalue weighted by Crippen LogP contribution is -1.92. The number of nitrogens with two attached hydrogens (primary N) is 1. The number of hydrogen-bond acceptors (Lipinski definition) is 4. The predicted octanol–water partition coefficient (Wildman–Crippen LogP) is 0.607. The van der Waals surface area contributed by atoms with Crippen molar-refractivity contribution in [2.45, 2.75) is 6.92 Å². The standard InChI is InChI=1S/C5H9N3O/c1-3-4(6)5(7-2)9-8-3/h7H,6H2,1-2H3. The maximum atomic E-state index is 5.49. The minimum Gasteiger partial charge on any atom is -0.393 e. The average molecular weight is 127 g/mol. The first-order valence-corrected chi connectivity index (χ1v) is 2.65. The molecule has 0 aromatic carbocycles. The van der Waals surface area contributed by atoms with E-state index < -0.39 is 0 Å². The minimum absolute atomic E-state index is 0.535. The van der Waals surface area contributed by atoms with Crippen molar-refractivity contribution >= 4 is 11.6 Å². The van der Waals surface area contributed by atoms with E-state index in [1.807, 2.05) is 0 Å². The van der Waals surface area contributed by atoms with Crippen LogP contribution in [0.5, 0.6) is 0 Å². The second kappa shape index (κ2) is 1.97. The Hall–Kier alpha value is -1.19. The summed E-state index contributed by atoms with van der Waals surface area (Å²) in [5.74, 6) is 0.535. The van der Waals surface area contributed by atoms with E-state index in [4.69, 9.17) is 10.3 Å². The van der Waals surface area contributed by atoms with Crippen LogP contribution in [0.15, 0.2) is 4.52 Å². The molecule has 0 amide bonds. The number of nitrogens with zero attached hydrogens (tertiary/aromatic N) is 1. The molecule has 0 saturated heterocycles. The van der Waals surface area contributed by atoms with Crippen LogP contribution in [0.4, 0.5) is 11.6 Å². The fourth-order valence-corrected chi connectivity index (χ4v) is 0.557. The average Bonchev–Trinajstić information content (AvgIpc) is 2.15. The molecule has 9 heavy (non-hydrogen) atoms. The van der Waals surface area contributed by atoms with Crippen LogP contribution in [0.2, 0.25) is 0 Å². The Kier molecular flexibility index (Phi) is 1.30. The Balaban J connectivity index is 3.04.